The molecule has 0 heterocycles. The van der Waals surface area contributed by atoms with Crippen molar-refractivity contribution in [2.45, 2.75) is 50.9 Å². The summed E-state index contributed by atoms with van der Waals surface area (Å²) in [5.74, 6) is -1.20. The van der Waals surface area contributed by atoms with Crippen molar-refractivity contribution >= 4 is 0 Å². The first-order valence-electron chi connectivity index (χ1n) is 7.03. The third-order valence-corrected chi connectivity index (χ3v) is 3.99. The van der Waals surface area contributed by atoms with Crippen molar-refractivity contribution in [3.8, 4) is 0 Å². The Kier molecular flexibility index (Phi) is 5.19. The van der Waals surface area contributed by atoms with Crippen LogP contribution in [0.25, 0.3) is 0 Å². The second kappa shape index (κ2) is 6.73. The monoisotopic (exact) mass is 307 g/mol. The van der Waals surface area contributed by atoms with Gasteiger partial charge in [-0.1, -0.05) is 18.2 Å². The first kappa shape index (κ1) is 16.2. The van der Waals surface area contributed by atoms with Gasteiger partial charge in [0.15, 0.2) is 0 Å². The molecule has 0 radical (unpaired) electrons. The van der Waals surface area contributed by atoms with E-state index in [1.165, 1.54) is 12.1 Å². The summed E-state index contributed by atoms with van der Waals surface area (Å²) in [4.78, 5) is 0. The molecule has 6 heteroatoms. The molecule has 1 saturated carbocycles. The Balaban J connectivity index is 1.81. The predicted molar refractivity (Wildman–Crippen MR) is 70.0 cm³/mol. The molecule has 0 aliphatic heterocycles. The van der Waals surface area contributed by atoms with Crippen molar-refractivity contribution in [3.63, 3.8) is 0 Å². The highest BCUT2D eigenvalue weighted by Crippen LogP contribution is 2.37. The van der Waals surface area contributed by atoms with Crippen LogP contribution in [0.4, 0.5) is 22.0 Å². The molecule has 1 N–H and O–H groups in total. The summed E-state index contributed by atoms with van der Waals surface area (Å²) in [5.41, 5.74) is 0.695. The Morgan fingerprint density at radius 2 is 1.76 bits per heavy atom. The predicted octanol–water partition coefficient (Wildman–Crippen LogP) is 4.83. The van der Waals surface area contributed by atoms with Crippen LogP contribution < -0.4 is 5.32 Å². The highest BCUT2D eigenvalue weighted by Gasteiger charge is 2.41. The molecule has 0 atom stereocenters. The average molecular weight is 307 g/mol. The van der Waals surface area contributed by atoms with Gasteiger partial charge in [-0.15, -0.1) is 0 Å². The van der Waals surface area contributed by atoms with Gasteiger partial charge in [-0.05, 0) is 37.3 Å². The van der Waals surface area contributed by atoms with Gasteiger partial charge in [0.25, 0.3) is 6.43 Å². The SMILES string of the molecule is FC(F)c1cccc(CNC2CCC(C(F)(F)F)CC2)c1. The van der Waals surface area contributed by atoms with E-state index in [0.29, 0.717) is 19.4 Å². The molecule has 1 nitrogen and oxygen atoms in total. The van der Waals surface area contributed by atoms with Gasteiger partial charge in [-0.2, -0.15) is 13.2 Å². The summed E-state index contributed by atoms with van der Waals surface area (Å²) >= 11 is 0. The molecule has 1 aliphatic carbocycles. The summed E-state index contributed by atoms with van der Waals surface area (Å²) in [5, 5.41) is 3.16. The molecular weight excluding hydrogens is 289 g/mol. The molecule has 0 spiro atoms. The van der Waals surface area contributed by atoms with Crippen LogP contribution in [0.1, 0.15) is 43.2 Å². The maximum atomic E-state index is 12.6. The number of rotatable bonds is 4. The summed E-state index contributed by atoms with van der Waals surface area (Å²) in [6, 6.07) is 6.12. The Hall–Kier alpha value is -1.17. The molecule has 0 unspecified atom stereocenters. The number of halogens is 5. The van der Waals surface area contributed by atoms with Gasteiger partial charge in [-0.25, -0.2) is 8.78 Å². The number of hydrogen-bond donors (Lipinski definition) is 1. The quantitative estimate of drug-likeness (QED) is 0.785. The number of benzene rings is 1. The minimum absolute atomic E-state index is 0.0267. The van der Waals surface area contributed by atoms with Crippen LogP contribution in [0.5, 0.6) is 0 Å². The van der Waals surface area contributed by atoms with Gasteiger partial charge in [0.2, 0.25) is 0 Å². The highest BCUT2D eigenvalue weighted by molar-refractivity contribution is 5.24. The van der Waals surface area contributed by atoms with E-state index in [0.717, 1.165) is 5.56 Å². The zero-order valence-electron chi connectivity index (χ0n) is 11.5. The molecule has 118 valence electrons. The van der Waals surface area contributed by atoms with Gasteiger partial charge in [0, 0.05) is 18.2 Å². The van der Waals surface area contributed by atoms with E-state index in [2.05, 4.69) is 5.32 Å². The zero-order chi connectivity index (χ0) is 15.5. The second-order valence-corrected chi connectivity index (χ2v) is 5.52. The van der Waals surface area contributed by atoms with Crippen molar-refractivity contribution in [2.24, 2.45) is 5.92 Å². The van der Waals surface area contributed by atoms with Gasteiger partial charge >= 0.3 is 6.18 Å². The maximum Gasteiger partial charge on any atom is 0.391 e. The van der Waals surface area contributed by atoms with E-state index in [4.69, 9.17) is 0 Å². The van der Waals surface area contributed by atoms with Gasteiger partial charge in [0.05, 0.1) is 5.92 Å². The van der Waals surface area contributed by atoms with Crippen LogP contribution in [-0.2, 0) is 6.54 Å². The molecule has 1 aromatic rings. The van der Waals surface area contributed by atoms with Gasteiger partial charge in [-0.3, -0.25) is 0 Å². The minimum Gasteiger partial charge on any atom is -0.310 e. The van der Waals surface area contributed by atoms with Crippen molar-refractivity contribution in [1.29, 1.82) is 0 Å². The van der Waals surface area contributed by atoms with Crippen molar-refractivity contribution < 1.29 is 22.0 Å². The van der Waals surface area contributed by atoms with E-state index >= 15 is 0 Å². The highest BCUT2D eigenvalue weighted by atomic mass is 19.4. The van der Waals surface area contributed by atoms with Gasteiger partial charge < -0.3 is 5.32 Å². The lowest BCUT2D eigenvalue weighted by Gasteiger charge is -2.30. The fraction of sp³-hybridized carbons (Fsp3) is 0.600. The first-order chi connectivity index (χ1) is 9.86. The molecule has 0 bridgehead atoms. The lowest BCUT2D eigenvalue weighted by atomic mass is 9.85. The van der Waals surface area contributed by atoms with E-state index < -0.39 is 18.5 Å². The molecule has 0 saturated heterocycles. The zero-order valence-corrected chi connectivity index (χ0v) is 11.5. The third-order valence-electron chi connectivity index (χ3n) is 3.99. The van der Waals surface area contributed by atoms with E-state index in [-0.39, 0.29) is 24.4 Å². The van der Waals surface area contributed by atoms with Crippen LogP contribution >= 0.6 is 0 Å². The largest absolute Gasteiger partial charge is 0.391 e. The fourth-order valence-corrected chi connectivity index (χ4v) is 2.73. The molecule has 0 amide bonds. The Morgan fingerprint density at radius 3 is 2.33 bits per heavy atom. The summed E-state index contributed by atoms with van der Waals surface area (Å²) < 4.78 is 62.8. The third kappa shape index (κ3) is 4.66. The Bertz CT molecular complexity index is 450. The van der Waals surface area contributed by atoms with E-state index in [9.17, 15) is 22.0 Å². The average Bonchev–Trinajstić information content (AvgIpc) is 2.45. The normalized spacial score (nSPS) is 23.5. The topological polar surface area (TPSA) is 12.0 Å². The van der Waals surface area contributed by atoms with Crippen LogP contribution in [0, 0.1) is 5.92 Å². The van der Waals surface area contributed by atoms with Crippen molar-refractivity contribution in [2.75, 3.05) is 0 Å². The molecular formula is C15H18F5N. The maximum absolute atomic E-state index is 12.6. The lowest BCUT2D eigenvalue weighted by Crippen LogP contribution is -2.36. The lowest BCUT2D eigenvalue weighted by molar-refractivity contribution is -0.182. The number of hydrogen-bond acceptors (Lipinski definition) is 1. The molecule has 0 aromatic heterocycles. The molecule has 21 heavy (non-hydrogen) atoms. The van der Waals surface area contributed by atoms with Crippen LogP contribution in [0.3, 0.4) is 0 Å². The number of alkyl halides is 5. The molecule has 2 rings (SSSR count). The van der Waals surface area contributed by atoms with Crippen LogP contribution in [0.2, 0.25) is 0 Å². The molecule has 1 aliphatic rings. The number of nitrogens with one attached hydrogen (secondary N) is 1. The molecule has 1 aromatic carbocycles. The summed E-state index contributed by atoms with van der Waals surface area (Å²) in [6.45, 7) is 0.405. The Labute approximate surface area is 120 Å². The van der Waals surface area contributed by atoms with Gasteiger partial charge in [0.1, 0.15) is 0 Å². The van der Waals surface area contributed by atoms with E-state index in [1.807, 2.05) is 0 Å². The minimum atomic E-state index is -4.10. The summed E-state index contributed by atoms with van der Waals surface area (Å²) in [6.07, 6.45) is -5.39. The second-order valence-electron chi connectivity index (χ2n) is 5.52. The smallest absolute Gasteiger partial charge is 0.310 e. The van der Waals surface area contributed by atoms with Crippen LogP contribution in [0.15, 0.2) is 24.3 Å². The van der Waals surface area contributed by atoms with E-state index in [1.54, 1.807) is 12.1 Å². The summed E-state index contributed by atoms with van der Waals surface area (Å²) in [7, 11) is 0. The Morgan fingerprint density at radius 1 is 1.10 bits per heavy atom. The first-order valence-corrected chi connectivity index (χ1v) is 7.03. The molecule has 1 fully saturated rings. The van der Waals surface area contributed by atoms with Crippen LogP contribution in [-0.4, -0.2) is 12.2 Å². The fourth-order valence-electron chi connectivity index (χ4n) is 2.73. The van der Waals surface area contributed by atoms with Crippen molar-refractivity contribution in [3.05, 3.63) is 35.4 Å². The van der Waals surface area contributed by atoms with Crippen molar-refractivity contribution in [1.82, 2.24) is 5.32 Å². The standard InChI is InChI=1S/C15H18F5N/c16-14(17)11-3-1-2-10(8-11)9-21-13-6-4-12(5-7-13)15(18,19)20/h1-3,8,12-14,21H,4-7,9H2.